The topological polar surface area (TPSA) is 45.2 Å². The maximum Gasteiger partial charge on any atom is 0.252 e. The van der Waals surface area contributed by atoms with Crippen LogP contribution in [0.5, 0.6) is 0 Å². The van der Waals surface area contributed by atoms with Gasteiger partial charge < -0.3 is 10.2 Å². The number of carbonyl (C=O) groups is 1. The molecule has 0 spiro atoms. The highest BCUT2D eigenvalue weighted by atomic mass is 16.1. The molecule has 15 heavy (non-hydrogen) atoms. The summed E-state index contributed by atoms with van der Waals surface area (Å²) in [4.78, 5) is 17.7. The Bertz CT molecular complexity index is 341. The van der Waals surface area contributed by atoms with Gasteiger partial charge in [-0.1, -0.05) is 0 Å². The molecule has 1 aliphatic heterocycles. The van der Waals surface area contributed by atoms with Gasteiger partial charge in [-0.05, 0) is 25.0 Å². The number of nitrogens with zero attached hydrogens (tertiary/aromatic N) is 2. The van der Waals surface area contributed by atoms with E-state index in [1.165, 1.54) is 12.8 Å². The standard InChI is InChI=1S/C11H14N3O/c1-12-11(15)9-4-5-10(13-8-9)14-6-2-3-7-14/h4-5,8H,1-3,6-7H2,(H,12,15). The van der Waals surface area contributed by atoms with Crippen molar-refractivity contribution in [2.24, 2.45) is 0 Å². The average Bonchev–Trinajstić information content (AvgIpc) is 2.82. The maximum absolute atomic E-state index is 11.2. The lowest BCUT2D eigenvalue weighted by atomic mass is 10.2. The summed E-state index contributed by atoms with van der Waals surface area (Å²) in [7, 11) is 3.32. The van der Waals surface area contributed by atoms with Crippen LogP contribution in [0.1, 0.15) is 23.2 Å². The molecular formula is C11H14N3O. The van der Waals surface area contributed by atoms with Crippen LogP contribution < -0.4 is 10.2 Å². The molecule has 0 aliphatic carbocycles. The third-order valence-corrected chi connectivity index (χ3v) is 2.60. The van der Waals surface area contributed by atoms with Crippen molar-refractivity contribution in [3.8, 4) is 0 Å². The van der Waals surface area contributed by atoms with Gasteiger partial charge in [-0.3, -0.25) is 4.79 Å². The number of aromatic nitrogens is 1. The van der Waals surface area contributed by atoms with Gasteiger partial charge in [-0.15, -0.1) is 0 Å². The number of carbonyl (C=O) groups excluding carboxylic acids is 1. The third kappa shape index (κ3) is 2.09. The smallest absolute Gasteiger partial charge is 0.252 e. The zero-order chi connectivity index (χ0) is 10.7. The summed E-state index contributed by atoms with van der Waals surface area (Å²) in [6.45, 7) is 2.13. The van der Waals surface area contributed by atoms with Crippen LogP contribution in [0.25, 0.3) is 0 Å². The second-order valence-electron chi connectivity index (χ2n) is 3.61. The van der Waals surface area contributed by atoms with Gasteiger partial charge in [0, 0.05) is 26.3 Å². The lowest BCUT2D eigenvalue weighted by Gasteiger charge is -2.15. The van der Waals surface area contributed by atoms with E-state index < -0.39 is 0 Å². The van der Waals surface area contributed by atoms with Gasteiger partial charge in [0.1, 0.15) is 5.82 Å². The van der Waals surface area contributed by atoms with E-state index in [0.29, 0.717) is 5.56 Å². The predicted molar refractivity (Wildman–Crippen MR) is 58.5 cm³/mol. The minimum Gasteiger partial charge on any atom is -0.357 e. The molecule has 79 valence electrons. The van der Waals surface area contributed by atoms with Gasteiger partial charge in [0.2, 0.25) is 0 Å². The van der Waals surface area contributed by atoms with E-state index >= 15 is 0 Å². The summed E-state index contributed by atoms with van der Waals surface area (Å²) in [6, 6.07) is 3.66. The second-order valence-corrected chi connectivity index (χ2v) is 3.61. The second kappa shape index (κ2) is 4.29. The first-order valence-corrected chi connectivity index (χ1v) is 5.09. The number of nitrogens with one attached hydrogen (secondary N) is 1. The molecule has 1 aliphatic rings. The van der Waals surface area contributed by atoms with Crippen molar-refractivity contribution >= 4 is 11.7 Å². The number of hydrogen-bond donors (Lipinski definition) is 1. The number of hydrogen-bond acceptors (Lipinski definition) is 3. The first-order chi connectivity index (χ1) is 7.31. The summed E-state index contributed by atoms with van der Waals surface area (Å²) in [5.74, 6) is 0.753. The predicted octanol–water partition coefficient (Wildman–Crippen LogP) is 1.20. The Balaban J connectivity index is 2.12. The molecule has 1 aromatic rings. The Morgan fingerprint density at radius 3 is 2.67 bits per heavy atom. The quantitative estimate of drug-likeness (QED) is 0.787. The lowest BCUT2D eigenvalue weighted by molar-refractivity contribution is 0.0968. The van der Waals surface area contributed by atoms with Gasteiger partial charge in [-0.2, -0.15) is 0 Å². The van der Waals surface area contributed by atoms with Crippen molar-refractivity contribution in [2.45, 2.75) is 12.8 Å². The molecule has 0 atom stereocenters. The van der Waals surface area contributed by atoms with Crippen LogP contribution in [-0.2, 0) is 0 Å². The molecule has 1 radical (unpaired) electrons. The van der Waals surface area contributed by atoms with Gasteiger partial charge in [0.25, 0.3) is 5.91 Å². The van der Waals surface area contributed by atoms with Crippen LogP contribution in [0.3, 0.4) is 0 Å². The SMILES string of the molecule is [CH2]NC(=O)c1ccc(N2CCCC2)nc1. The molecule has 4 nitrogen and oxygen atoms in total. The zero-order valence-electron chi connectivity index (χ0n) is 8.57. The van der Waals surface area contributed by atoms with E-state index in [1.54, 1.807) is 12.3 Å². The Hall–Kier alpha value is -1.58. The van der Waals surface area contributed by atoms with E-state index in [1.807, 2.05) is 6.07 Å². The van der Waals surface area contributed by atoms with Gasteiger partial charge >= 0.3 is 0 Å². The van der Waals surface area contributed by atoms with Crippen molar-refractivity contribution in [3.63, 3.8) is 0 Å². The normalized spacial score (nSPS) is 15.4. The first kappa shape index (κ1) is 9.96. The van der Waals surface area contributed by atoms with Crippen LogP contribution in [0, 0.1) is 7.05 Å². The van der Waals surface area contributed by atoms with Crippen molar-refractivity contribution in [1.82, 2.24) is 10.3 Å². The molecule has 4 heteroatoms. The Morgan fingerprint density at radius 1 is 1.40 bits per heavy atom. The molecule has 0 bridgehead atoms. The third-order valence-electron chi connectivity index (χ3n) is 2.60. The van der Waals surface area contributed by atoms with Crippen molar-refractivity contribution in [2.75, 3.05) is 18.0 Å². The highest BCUT2D eigenvalue weighted by molar-refractivity contribution is 5.94. The van der Waals surface area contributed by atoms with Gasteiger partial charge in [0.05, 0.1) is 5.56 Å². The fourth-order valence-electron chi connectivity index (χ4n) is 1.76. The summed E-state index contributed by atoms with van der Waals surface area (Å²) in [5.41, 5.74) is 0.549. The molecular weight excluding hydrogens is 190 g/mol. The largest absolute Gasteiger partial charge is 0.357 e. The summed E-state index contributed by atoms with van der Waals surface area (Å²) >= 11 is 0. The number of anilines is 1. The van der Waals surface area contributed by atoms with E-state index in [-0.39, 0.29) is 5.91 Å². The van der Waals surface area contributed by atoms with E-state index in [2.05, 4.69) is 22.2 Å². The van der Waals surface area contributed by atoms with Crippen LogP contribution >= 0.6 is 0 Å². The molecule has 0 unspecified atom stereocenters. The number of rotatable bonds is 2. The van der Waals surface area contributed by atoms with E-state index in [0.717, 1.165) is 18.9 Å². The average molecular weight is 204 g/mol. The molecule has 0 aromatic carbocycles. The van der Waals surface area contributed by atoms with Gasteiger partial charge in [-0.25, -0.2) is 4.98 Å². The molecule has 2 rings (SSSR count). The fraction of sp³-hybridized carbons (Fsp3) is 0.364. The summed E-state index contributed by atoms with van der Waals surface area (Å²) < 4.78 is 0. The van der Waals surface area contributed by atoms with Crippen molar-refractivity contribution < 1.29 is 4.79 Å². The fourth-order valence-corrected chi connectivity index (χ4v) is 1.76. The van der Waals surface area contributed by atoms with Crippen LogP contribution in [-0.4, -0.2) is 24.0 Å². The molecule has 2 heterocycles. The summed E-state index contributed by atoms with van der Waals surface area (Å²) in [5, 5.41) is 2.33. The van der Waals surface area contributed by atoms with Crippen molar-refractivity contribution in [3.05, 3.63) is 30.9 Å². The number of pyridine rings is 1. The monoisotopic (exact) mass is 204 g/mol. The van der Waals surface area contributed by atoms with E-state index in [9.17, 15) is 4.79 Å². The van der Waals surface area contributed by atoms with Crippen LogP contribution in [0.4, 0.5) is 5.82 Å². The first-order valence-electron chi connectivity index (χ1n) is 5.09. The van der Waals surface area contributed by atoms with Crippen molar-refractivity contribution in [1.29, 1.82) is 0 Å². The molecule has 1 fully saturated rings. The Labute approximate surface area is 89.3 Å². The highest BCUT2D eigenvalue weighted by Gasteiger charge is 2.13. The Kier molecular flexibility index (Phi) is 2.85. The minimum absolute atomic E-state index is 0.199. The molecule has 1 saturated heterocycles. The zero-order valence-corrected chi connectivity index (χ0v) is 8.57. The maximum atomic E-state index is 11.2. The minimum atomic E-state index is -0.199. The number of amides is 1. The molecule has 1 N–H and O–H groups in total. The highest BCUT2D eigenvalue weighted by Crippen LogP contribution is 2.17. The van der Waals surface area contributed by atoms with Crippen LogP contribution in [0.2, 0.25) is 0 Å². The molecule has 0 saturated carbocycles. The molecule has 1 aromatic heterocycles. The lowest BCUT2D eigenvalue weighted by Crippen LogP contribution is -2.20. The van der Waals surface area contributed by atoms with Gasteiger partial charge in [0.15, 0.2) is 0 Å². The Morgan fingerprint density at radius 2 is 2.13 bits per heavy atom. The molecule has 1 amide bonds. The van der Waals surface area contributed by atoms with Crippen LogP contribution in [0.15, 0.2) is 18.3 Å². The van der Waals surface area contributed by atoms with E-state index in [4.69, 9.17) is 0 Å². The summed E-state index contributed by atoms with van der Waals surface area (Å²) in [6.07, 6.45) is 4.04.